The molecule has 2 aromatic rings. The van der Waals surface area contributed by atoms with Crippen LogP contribution in [-0.4, -0.2) is 25.1 Å². The molecular formula is C20H23NO4. The normalized spacial score (nSPS) is 10.1. The van der Waals surface area contributed by atoms with Gasteiger partial charge in [-0.15, -0.1) is 0 Å². The summed E-state index contributed by atoms with van der Waals surface area (Å²) >= 11 is 0. The first kappa shape index (κ1) is 18.5. The SMILES string of the molecule is CCOC(=O)CCC(=O)Nc1ccc(OCCc2ccccc2)cc1. The molecule has 0 bridgehead atoms. The van der Waals surface area contributed by atoms with Crippen molar-refractivity contribution in [1.29, 1.82) is 0 Å². The molecule has 1 N–H and O–H groups in total. The zero-order chi connectivity index (χ0) is 17.9. The summed E-state index contributed by atoms with van der Waals surface area (Å²) in [5, 5.41) is 2.75. The summed E-state index contributed by atoms with van der Waals surface area (Å²) in [5.41, 5.74) is 1.90. The van der Waals surface area contributed by atoms with Gasteiger partial charge in [-0.3, -0.25) is 9.59 Å². The monoisotopic (exact) mass is 341 g/mol. The summed E-state index contributed by atoms with van der Waals surface area (Å²) in [6, 6.07) is 17.3. The second-order valence-electron chi connectivity index (χ2n) is 5.46. The van der Waals surface area contributed by atoms with Gasteiger partial charge >= 0.3 is 5.97 Å². The summed E-state index contributed by atoms with van der Waals surface area (Å²) in [6.45, 7) is 2.66. The summed E-state index contributed by atoms with van der Waals surface area (Å²) in [5.74, 6) is 0.172. The summed E-state index contributed by atoms with van der Waals surface area (Å²) < 4.78 is 10.5. The largest absolute Gasteiger partial charge is 0.493 e. The highest BCUT2D eigenvalue weighted by Gasteiger charge is 2.08. The Morgan fingerprint density at radius 3 is 2.36 bits per heavy atom. The third-order valence-corrected chi connectivity index (χ3v) is 3.50. The van der Waals surface area contributed by atoms with Crippen molar-refractivity contribution in [2.24, 2.45) is 0 Å². The molecule has 5 heteroatoms. The van der Waals surface area contributed by atoms with Crippen LogP contribution >= 0.6 is 0 Å². The smallest absolute Gasteiger partial charge is 0.306 e. The lowest BCUT2D eigenvalue weighted by Gasteiger charge is -2.08. The first-order valence-electron chi connectivity index (χ1n) is 8.39. The number of benzene rings is 2. The van der Waals surface area contributed by atoms with Crippen LogP contribution < -0.4 is 10.1 Å². The van der Waals surface area contributed by atoms with Crippen LogP contribution in [0, 0.1) is 0 Å². The third kappa shape index (κ3) is 7.08. The van der Waals surface area contributed by atoms with Crippen molar-refractivity contribution in [3.05, 3.63) is 60.2 Å². The van der Waals surface area contributed by atoms with Crippen molar-refractivity contribution in [1.82, 2.24) is 0 Å². The summed E-state index contributed by atoms with van der Waals surface area (Å²) in [4.78, 5) is 23.0. The number of hydrogen-bond acceptors (Lipinski definition) is 4. The van der Waals surface area contributed by atoms with Crippen LogP contribution in [0.1, 0.15) is 25.3 Å². The molecule has 0 saturated heterocycles. The number of carbonyl (C=O) groups excluding carboxylic acids is 2. The van der Waals surface area contributed by atoms with E-state index in [1.54, 1.807) is 19.1 Å². The molecule has 0 spiro atoms. The first-order chi connectivity index (χ1) is 12.2. The Hall–Kier alpha value is -2.82. The minimum atomic E-state index is -0.361. The maximum absolute atomic E-state index is 11.8. The highest BCUT2D eigenvalue weighted by Crippen LogP contribution is 2.16. The van der Waals surface area contributed by atoms with Gasteiger partial charge in [0.25, 0.3) is 0 Å². The molecular weight excluding hydrogens is 318 g/mol. The van der Waals surface area contributed by atoms with E-state index in [4.69, 9.17) is 9.47 Å². The second kappa shape index (κ2) is 10.1. The number of rotatable bonds is 9. The average Bonchev–Trinajstić information content (AvgIpc) is 2.63. The molecule has 2 aromatic carbocycles. The Labute approximate surface area is 148 Å². The van der Waals surface area contributed by atoms with Crippen LogP contribution in [0.4, 0.5) is 5.69 Å². The van der Waals surface area contributed by atoms with Crippen LogP contribution in [0.15, 0.2) is 54.6 Å². The Bertz CT molecular complexity index is 668. The fraction of sp³-hybridized carbons (Fsp3) is 0.300. The van der Waals surface area contributed by atoms with E-state index in [1.807, 2.05) is 30.3 Å². The van der Waals surface area contributed by atoms with Gasteiger partial charge in [0.15, 0.2) is 0 Å². The molecule has 5 nitrogen and oxygen atoms in total. The van der Waals surface area contributed by atoms with Crippen molar-refractivity contribution < 1.29 is 19.1 Å². The number of nitrogens with one attached hydrogen (secondary N) is 1. The zero-order valence-corrected chi connectivity index (χ0v) is 14.4. The lowest BCUT2D eigenvalue weighted by atomic mass is 10.2. The van der Waals surface area contributed by atoms with E-state index in [0.717, 1.165) is 12.2 Å². The van der Waals surface area contributed by atoms with Crippen molar-refractivity contribution in [3.63, 3.8) is 0 Å². The van der Waals surface area contributed by atoms with Gasteiger partial charge in [-0.1, -0.05) is 30.3 Å². The molecule has 0 aliphatic carbocycles. The molecule has 0 aliphatic rings. The number of anilines is 1. The number of carbonyl (C=O) groups is 2. The highest BCUT2D eigenvalue weighted by molar-refractivity contribution is 5.92. The van der Waals surface area contributed by atoms with E-state index in [-0.39, 0.29) is 24.7 Å². The molecule has 0 aliphatic heterocycles. The maximum Gasteiger partial charge on any atom is 0.306 e. The van der Waals surface area contributed by atoms with E-state index in [9.17, 15) is 9.59 Å². The number of ether oxygens (including phenoxy) is 2. The average molecular weight is 341 g/mol. The maximum atomic E-state index is 11.8. The molecule has 132 valence electrons. The molecule has 0 radical (unpaired) electrons. The molecule has 0 heterocycles. The lowest BCUT2D eigenvalue weighted by Crippen LogP contribution is -2.14. The molecule has 0 fully saturated rings. The Morgan fingerprint density at radius 1 is 0.960 bits per heavy atom. The Balaban J connectivity index is 1.72. The van der Waals surface area contributed by atoms with Crippen LogP contribution in [0.5, 0.6) is 5.75 Å². The van der Waals surface area contributed by atoms with Gasteiger partial charge in [-0.2, -0.15) is 0 Å². The van der Waals surface area contributed by atoms with Crippen molar-refractivity contribution >= 4 is 17.6 Å². The van der Waals surface area contributed by atoms with Gasteiger partial charge in [0, 0.05) is 18.5 Å². The van der Waals surface area contributed by atoms with Crippen molar-refractivity contribution in [2.75, 3.05) is 18.5 Å². The fourth-order valence-electron chi connectivity index (χ4n) is 2.24. The highest BCUT2D eigenvalue weighted by atomic mass is 16.5. The lowest BCUT2D eigenvalue weighted by molar-refractivity contribution is -0.144. The molecule has 0 saturated carbocycles. The summed E-state index contributed by atoms with van der Waals surface area (Å²) in [6.07, 6.45) is 1.03. The molecule has 0 atom stereocenters. The van der Waals surface area contributed by atoms with Crippen LogP contribution in [0.2, 0.25) is 0 Å². The van der Waals surface area contributed by atoms with Crippen LogP contribution in [-0.2, 0) is 20.7 Å². The standard InChI is InChI=1S/C20H23NO4/c1-2-24-20(23)13-12-19(22)21-17-8-10-18(11-9-17)25-15-14-16-6-4-3-5-7-16/h3-11H,2,12-15H2,1H3,(H,21,22). The molecule has 2 rings (SSSR count). The molecule has 1 amide bonds. The Kier molecular flexibility index (Phi) is 7.50. The Morgan fingerprint density at radius 2 is 1.68 bits per heavy atom. The number of amides is 1. The minimum Gasteiger partial charge on any atom is -0.493 e. The first-order valence-corrected chi connectivity index (χ1v) is 8.39. The van der Waals surface area contributed by atoms with Gasteiger partial charge in [-0.25, -0.2) is 0 Å². The summed E-state index contributed by atoms with van der Waals surface area (Å²) in [7, 11) is 0. The van der Waals surface area contributed by atoms with Crippen LogP contribution in [0.3, 0.4) is 0 Å². The number of hydrogen-bond donors (Lipinski definition) is 1. The van der Waals surface area contributed by atoms with E-state index >= 15 is 0 Å². The predicted octanol–water partition coefficient (Wildman–Crippen LogP) is 3.59. The van der Waals surface area contributed by atoms with Crippen molar-refractivity contribution in [2.45, 2.75) is 26.2 Å². The third-order valence-electron chi connectivity index (χ3n) is 3.50. The van der Waals surface area contributed by atoms with E-state index in [0.29, 0.717) is 18.9 Å². The zero-order valence-electron chi connectivity index (χ0n) is 14.4. The second-order valence-corrected chi connectivity index (χ2v) is 5.46. The van der Waals surface area contributed by atoms with Gasteiger partial charge < -0.3 is 14.8 Å². The van der Waals surface area contributed by atoms with Gasteiger partial charge in [0.1, 0.15) is 5.75 Å². The minimum absolute atomic E-state index is 0.0837. The molecule has 25 heavy (non-hydrogen) atoms. The van der Waals surface area contributed by atoms with Crippen LogP contribution in [0.25, 0.3) is 0 Å². The molecule has 0 unspecified atom stereocenters. The van der Waals surface area contributed by atoms with Gasteiger partial charge in [0.05, 0.1) is 19.6 Å². The fourth-order valence-corrected chi connectivity index (χ4v) is 2.24. The number of esters is 1. The quantitative estimate of drug-likeness (QED) is 0.708. The van der Waals surface area contributed by atoms with Gasteiger partial charge in [0.2, 0.25) is 5.91 Å². The molecule has 0 aromatic heterocycles. The topological polar surface area (TPSA) is 64.6 Å². The van der Waals surface area contributed by atoms with E-state index in [2.05, 4.69) is 17.4 Å². The van der Waals surface area contributed by atoms with E-state index in [1.165, 1.54) is 5.56 Å². The van der Waals surface area contributed by atoms with Crippen molar-refractivity contribution in [3.8, 4) is 5.75 Å². The van der Waals surface area contributed by atoms with E-state index < -0.39 is 0 Å². The van der Waals surface area contributed by atoms with Gasteiger partial charge in [-0.05, 0) is 36.8 Å². The predicted molar refractivity (Wildman–Crippen MR) is 96.6 cm³/mol.